The lowest BCUT2D eigenvalue weighted by Gasteiger charge is -2.11. The summed E-state index contributed by atoms with van der Waals surface area (Å²) in [7, 11) is 1.69. The minimum absolute atomic E-state index is 0.889. The molecule has 0 fully saturated rings. The Morgan fingerprint density at radius 1 is 0.778 bits per heavy atom. The van der Waals surface area contributed by atoms with Gasteiger partial charge in [0.25, 0.3) is 0 Å². The van der Waals surface area contributed by atoms with Crippen LogP contribution in [-0.2, 0) is 0 Å². The Balaban J connectivity index is 2.47. The molecule has 0 heterocycles. The highest BCUT2D eigenvalue weighted by atomic mass is 16.5. The Kier molecular flexibility index (Phi) is 3.83. The van der Waals surface area contributed by atoms with E-state index in [9.17, 15) is 0 Å². The van der Waals surface area contributed by atoms with Gasteiger partial charge in [-0.05, 0) is 42.7 Å². The zero-order chi connectivity index (χ0) is 13.0. The third-order valence-corrected chi connectivity index (χ3v) is 2.94. The SMILES string of the molecule is COc1ccc(C(=C(C)C)c2ccccc2)cc1. The minimum atomic E-state index is 0.889. The lowest BCUT2D eigenvalue weighted by atomic mass is 9.94. The van der Waals surface area contributed by atoms with E-state index >= 15 is 0 Å². The lowest BCUT2D eigenvalue weighted by molar-refractivity contribution is 0.415. The summed E-state index contributed by atoms with van der Waals surface area (Å²) in [6.07, 6.45) is 0. The van der Waals surface area contributed by atoms with E-state index in [4.69, 9.17) is 4.74 Å². The van der Waals surface area contributed by atoms with Gasteiger partial charge in [0, 0.05) is 0 Å². The molecule has 0 amide bonds. The first-order valence-electron chi connectivity index (χ1n) is 6.09. The molecule has 0 saturated heterocycles. The number of hydrogen-bond acceptors (Lipinski definition) is 1. The highest BCUT2D eigenvalue weighted by molar-refractivity contribution is 5.81. The van der Waals surface area contributed by atoms with E-state index in [2.05, 4.69) is 50.2 Å². The molecule has 2 aromatic carbocycles. The standard InChI is InChI=1S/C17H18O/c1-13(2)17(14-7-5-4-6-8-14)15-9-11-16(18-3)12-10-15/h4-12H,1-3H3. The van der Waals surface area contributed by atoms with Gasteiger partial charge in [-0.15, -0.1) is 0 Å². The van der Waals surface area contributed by atoms with Gasteiger partial charge in [0.15, 0.2) is 0 Å². The molecule has 0 spiro atoms. The van der Waals surface area contributed by atoms with Crippen LogP contribution in [0.2, 0.25) is 0 Å². The van der Waals surface area contributed by atoms with Crippen molar-refractivity contribution in [2.45, 2.75) is 13.8 Å². The fourth-order valence-electron chi connectivity index (χ4n) is 2.11. The fraction of sp³-hybridized carbons (Fsp3) is 0.176. The first kappa shape index (κ1) is 12.4. The Labute approximate surface area is 109 Å². The van der Waals surface area contributed by atoms with Gasteiger partial charge in [0.2, 0.25) is 0 Å². The molecule has 0 bridgehead atoms. The number of ether oxygens (including phenoxy) is 1. The van der Waals surface area contributed by atoms with Gasteiger partial charge in [0.1, 0.15) is 5.75 Å². The highest BCUT2D eigenvalue weighted by Gasteiger charge is 2.06. The van der Waals surface area contributed by atoms with Crippen molar-refractivity contribution in [2.75, 3.05) is 7.11 Å². The summed E-state index contributed by atoms with van der Waals surface area (Å²) in [6, 6.07) is 18.7. The maximum Gasteiger partial charge on any atom is 0.118 e. The van der Waals surface area contributed by atoms with E-state index in [1.54, 1.807) is 7.11 Å². The molecule has 92 valence electrons. The molecule has 0 saturated carbocycles. The average Bonchev–Trinajstić information content (AvgIpc) is 2.40. The van der Waals surface area contributed by atoms with Crippen LogP contribution in [0.1, 0.15) is 25.0 Å². The van der Waals surface area contributed by atoms with Crippen LogP contribution < -0.4 is 4.74 Å². The number of hydrogen-bond donors (Lipinski definition) is 0. The molecule has 18 heavy (non-hydrogen) atoms. The Morgan fingerprint density at radius 2 is 1.33 bits per heavy atom. The van der Waals surface area contributed by atoms with E-state index in [1.165, 1.54) is 22.3 Å². The second-order valence-corrected chi connectivity index (χ2v) is 4.47. The van der Waals surface area contributed by atoms with Gasteiger partial charge in [-0.1, -0.05) is 48.0 Å². The molecular weight excluding hydrogens is 220 g/mol. The minimum Gasteiger partial charge on any atom is -0.497 e. The molecule has 0 unspecified atom stereocenters. The largest absolute Gasteiger partial charge is 0.497 e. The van der Waals surface area contributed by atoms with Crippen molar-refractivity contribution in [2.24, 2.45) is 0 Å². The quantitative estimate of drug-likeness (QED) is 0.763. The smallest absolute Gasteiger partial charge is 0.118 e. The van der Waals surface area contributed by atoms with Crippen molar-refractivity contribution in [1.82, 2.24) is 0 Å². The normalized spacial score (nSPS) is 9.94. The summed E-state index contributed by atoms with van der Waals surface area (Å²) in [5.41, 5.74) is 5.08. The number of methoxy groups -OCH3 is 1. The zero-order valence-electron chi connectivity index (χ0n) is 11.1. The number of benzene rings is 2. The Morgan fingerprint density at radius 3 is 1.83 bits per heavy atom. The molecule has 0 aromatic heterocycles. The third-order valence-electron chi connectivity index (χ3n) is 2.94. The molecule has 0 aliphatic carbocycles. The molecule has 0 N–H and O–H groups in total. The first-order chi connectivity index (χ1) is 8.72. The van der Waals surface area contributed by atoms with E-state index in [-0.39, 0.29) is 0 Å². The van der Waals surface area contributed by atoms with Crippen molar-refractivity contribution >= 4 is 5.57 Å². The summed E-state index contributed by atoms with van der Waals surface area (Å²) < 4.78 is 5.20. The van der Waals surface area contributed by atoms with E-state index < -0.39 is 0 Å². The second kappa shape index (κ2) is 5.54. The highest BCUT2D eigenvalue weighted by Crippen LogP contribution is 2.27. The summed E-state index contributed by atoms with van der Waals surface area (Å²) in [5.74, 6) is 0.889. The van der Waals surface area contributed by atoms with E-state index in [0.29, 0.717) is 0 Å². The molecule has 0 radical (unpaired) electrons. The van der Waals surface area contributed by atoms with Crippen molar-refractivity contribution in [1.29, 1.82) is 0 Å². The topological polar surface area (TPSA) is 9.23 Å². The summed E-state index contributed by atoms with van der Waals surface area (Å²) >= 11 is 0. The van der Waals surface area contributed by atoms with Crippen LogP contribution in [0.25, 0.3) is 5.57 Å². The van der Waals surface area contributed by atoms with Crippen LogP contribution in [0.15, 0.2) is 60.2 Å². The van der Waals surface area contributed by atoms with Gasteiger partial charge in [0.05, 0.1) is 7.11 Å². The van der Waals surface area contributed by atoms with Crippen LogP contribution in [-0.4, -0.2) is 7.11 Å². The van der Waals surface area contributed by atoms with Crippen molar-refractivity contribution in [3.63, 3.8) is 0 Å². The zero-order valence-corrected chi connectivity index (χ0v) is 11.1. The van der Waals surface area contributed by atoms with Gasteiger partial charge in [-0.3, -0.25) is 0 Å². The monoisotopic (exact) mass is 238 g/mol. The van der Waals surface area contributed by atoms with E-state index in [1.807, 2.05) is 18.2 Å². The predicted octanol–water partition coefficient (Wildman–Crippen LogP) is 4.54. The van der Waals surface area contributed by atoms with Crippen LogP contribution in [0, 0.1) is 0 Å². The lowest BCUT2D eigenvalue weighted by Crippen LogP contribution is -1.91. The Bertz CT molecular complexity index is 532. The summed E-state index contributed by atoms with van der Waals surface area (Å²) in [5, 5.41) is 0. The maximum atomic E-state index is 5.20. The molecule has 1 nitrogen and oxygen atoms in total. The van der Waals surface area contributed by atoms with Crippen LogP contribution >= 0.6 is 0 Å². The molecule has 0 aliphatic heterocycles. The van der Waals surface area contributed by atoms with Crippen molar-refractivity contribution in [3.05, 3.63) is 71.3 Å². The number of rotatable bonds is 3. The molecule has 2 aromatic rings. The molecular formula is C17H18O. The molecule has 1 heteroatoms. The molecule has 0 aliphatic rings. The second-order valence-electron chi connectivity index (χ2n) is 4.47. The molecule has 0 atom stereocenters. The summed E-state index contributed by atoms with van der Waals surface area (Å²) in [4.78, 5) is 0. The molecule has 2 rings (SSSR count). The first-order valence-corrected chi connectivity index (χ1v) is 6.09. The van der Waals surface area contributed by atoms with Gasteiger partial charge in [-0.25, -0.2) is 0 Å². The van der Waals surface area contributed by atoms with E-state index in [0.717, 1.165) is 5.75 Å². The Hall–Kier alpha value is -2.02. The van der Waals surface area contributed by atoms with Gasteiger partial charge in [-0.2, -0.15) is 0 Å². The van der Waals surface area contributed by atoms with Gasteiger partial charge < -0.3 is 4.74 Å². The third kappa shape index (κ3) is 2.62. The van der Waals surface area contributed by atoms with Crippen LogP contribution in [0.3, 0.4) is 0 Å². The van der Waals surface area contributed by atoms with Gasteiger partial charge >= 0.3 is 0 Å². The fourth-order valence-corrected chi connectivity index (χ4v) is 2.11. The number of allylic oxidation sites excluding steroid dienone is 1. The summed E-state index contributed by atoms with van der Waals surface area (Å²) in [6.45, 7) is 4.29. The van der Waals surface area contributed by atoms with Crippen LogP contribution in [0.5, 0.6) is 5.75 Å². The van der Waals surface area contributed by atoms with Crippen molar-refractivity contribution < 1.29 is 4.74 Å². The average molecular weight is 238 g/mol. The van der Waals surface area contributed by atoms with Crippen LogP contribution in [0.4, 0.5) is 0 Å². The predicted molar refractivity (Wildman–Crippen MR) is 76.8 cm³/mol. The maximum absolute atomic E-state index is 5.20. The van der Waals surface area contributed by atoms with Crippen molar-refractivity contribution in [3.8, 4) is 5.75 Å².